The third-order valence-corrected chi connectivity index (χ3v) is 6.73. The lowest BCUT2D eigenvalue weighted by Gasteiger charge is -2.24. The summed E-state index contributed by atoms with van der Waals surface area (Å²) in [5.74, 6) is -0.487. The van der Waals surface area contributed by atoms with E-state index in [0.717, 1.165) is 15.4 Å². The van der Waals surface area contributed by atoms with Gasteiger partial charge in [0.25, 0.3) is 10.0 Å². The number of nitrogens with one attached hydrogen (secondary N) is 1. The molecule has 5 nitrogen and oxygen atoms in total. The number of benzene rings is 3. The molecule has 0 aliphatic carbocycles. The molecule has 0 spiro atoms. The molecule has 0 aliphatic heterocycles. The van der Waals surface area contributed by atoms with Crippen LogP contribution >= 0.6 is 23.2 Å². The summed E-state index contributed by atoms with van der Waals surface area (Å²) in [6, 6.07) is 17.9. The van der Waals surface area contributed by atoms with E-state index in [0.29, 0.717) is 21.4 Å². The van der Waals surface area contributed by atoms with E-state index in [9.17, 15) is 13.2 Å². The van der Waals surface area contributed by atoms with Crippen molar-refractivity contribution in [3.8, 4) is 0 Å². The highest BCUT2D eigenvalue weighted by Gasteiger charge is 2.27. The van der Waals surface area contributed by atoms with Crippen molar-refractivity contribution in [3.63, 3.8) is 0 Å². The molecule has 8 heteroatoms. The van der Waals surface area contributed by atoms with Gasteiger partial charge >= 0.3 is 0 Å². The lowest BCUT2D eigenvalue weighted by molar-refractivity contribution is -0.114. The zero-order chi connectivity index (χ0) is 21.9. The average Bonchev–Trinajstić information content (AvgIpc) is 2.69. The minimum absolute atomic E-state index is 0.0418. The number of carbonyl (C=O) groups is 1. The Morgan fingerprint density at radius 1 is 0.933 bits per heavy atom. The Morgan fingerprint density at radius 2 is 1.60 bits per heavy atom. The van der Waals surface area contributed by atoms with Crippen LogP contribution in [0, 0.1) is 13.8 Å². The number of hydrogen-bond acceptors (Lipinski definition) is 3. The summed E-state index contributed by atoms with van der Waals surface area (Å²) in [6.45, 7) is 3.28. The van der Waals surface area contributed by atoms with Crippen molar-refractivity contribution >= 4 is 50.5 Å². The fourth-order valence-electron chi connectivity index (χ4n) is 2.88. The standard InChI is InChI=1S/C22H20Cl2N2O3S/c1-15-4-3-5-19(12-15)26(30(28,29)20-10-8-17(23)9-11-20)14-22(27)25-21-13-18(24)7-6-16(21)2/h3-13H,14H2,1-2H3,(H,25,27). The van der Waals surface area contributed by atoms with Crippen molar-refractivity contribution in [1.82, 2.24) is 0 Å². The van der Waals surface area contributed by atoms with E-state index in [-0.39, 0.29) is 4.90 Å². The highest BCUT2D eigenvalue weighted by molar-refractivity contribution is 7.92. The van der Waals surface area contributed by atoms with Gasteiger partial charge in [0.05, 0.1) is 10.6 Å². The lowest BCUT2D eigenvalue weighted by atomic mass is 10.2. The number of sulfonamides is 1. The van der Waals surface area contributed by atoms with Gasteiger partial charge in [-0.3, -0.25) is 9.10 Å². The van der Waals surface area contributed by atoms with Crippen LogP contribution in [0.25, 0.3) is 0 Å². The number of amides is 1. The molecule has 0 atom stereocenters. The van der Waals surface area contributed by atoms with Crippen LogP contribution in [-0.2, 0) is 14.8 Å². The average molecular weight is 463 g/mol. The van der Waals surface area contributed by atoms with E-state index in [1.165, 1.54) is 24.3 Å². The maximum Gasteiger partial charge on any atom is 0.264 e. The van der Waals surface area contributed by atoms with Crippen LogP contribution in [-0.4, -0.2) is 20.9 Å². The van der Waals surface area contributed by atoms with Crippen LogP contribution in [0.15, 0.2) is 71.6 Å². The minimum atomic E-state index is -4.01. The van der Waals surface area contributed by atoms with E-state index < -0.39 is 22.5 Å². The van der Waals surface area contributed by atoms with Crippen molar-refractivity contribution in [1.29, 1.82) is 0 Å². The Bertz CT molecular complexity index is 1180. The fraction of sp³-hybridized carbons (Fsp3) is 0.136. The Hall–Kier alpha value is -2.54. The van der Waals surface area contributed by atoms with E-state index in [1.54, 1.807) is 36.4 Å². The first kappa shape index (κ1) is 22.2. The summed E-state index contributed by atoms with van der Waals surface area (Å²) in [5, 5.41) is 3.64. The van der Waals surface area contributed by atoms with Crippen LogP contribution in [0.1, 0.15) is 11.1 Å². The molecule has 3 aromatic carbocycles. The summed E-state index contributed by atoms with van der Waals surface area (Å²) in [6.07, 6.45) is 0. The molecule has 0 fully saturated rings. The summed E-state index contributed by atoms with van der Waals surface area (Å²) >= 11 is 11.9. The summed E-state index contributed by atoms with van der Waals surface area (Å²) < 4.78 is 27.8. The first-order valence-electron chi connectivity index (χ1n) is 9.08. The molecular weight excluding hydrogens is 443 g/mol. The van der Waals surface area contributed by atoms with E-state index in [1.807, 2.05) is 19.9 Å². The predicted molar refractivity (Wildman–Crippen MR) is 122 cm³/mol. The molecule has 1 amide bonds. The van der Waals surface area contributed by atoms with Crippen molar-refractivity contribution in [2.24, 2.45) is 0 Å². The molecule has 0 aromatic heterocycles. The van der Waals surface area contributed by atoms with Gasteiger partial charge in [-0.05, 0) is 73.5 Å². The van der Waals surface area contributed by atoms with Gasteiger partial charge in [-0.15, -0.1) is 0 Å². The lowest BCUT2D eigenvalue weighted by Crippen LogP contribution is -2.38. The van der Waals surface area contributed by atoms with Gasteiger partial charge in [0.15, 0.2) is 0 Å². The molecular formula is C22H20Cl2N2O3S. The van der Waals surface area contributed by atoms with Crippen LogP contribution < -0.4 is 9.62 Å². The molecule has 0 saturated carbocycles. The van der Waals surface area contributed by atoms with Gasteiger partial charge < -0.3 is 5.32 Å². The van der Waals surface area contributed by atoms with Gasteiger partial charge in [-0.2, -0.15) is 0 Å². The molecule has 0 bridgehead atoms. The predicted octanol–water partition coefficient (Wildman–Crippen LogP) is 5.44. The second-order valence-electron chi connectivity index (χ2n) is 6.81. The first-order valence-corrected chi connectivity index (χ1v) is 11.3. The Kier molecular flexibility index (Phi) is 6.71. The maximum atomic E-state index is 13.3. The van der Waals surface area contributed by atoms with Gasteiger partial charge in [0.2, 0.25) is 5.91 Å². The number of rotatable bonds is 6. The highest BCUT2D eigenvalue weighted by Crippen LogP contribution is 2.26. The third kappa shape index (κ3) is 5.14. The molecule has 3 aromatic rings. The number of hydrogen-bond donors (Lipinski definition) is 1. The summed E-state index contributed by atoms with van der Waals surface area (Å²) in [5.41, 5.74) is 2.61. The van der Waals surface area contributed by atoms with Crippen LogP contribution in [0.2, 0.25) is 10.0 Å². The maximum absolute atomic E-state index is 13.3. The quantitative estimate of drug-likeness (QED) is 0.529. The van der Waals surface area contributed by atoms with Crippen LogP contribution in [0.5, 0.6) is 0 Å². The van der Waals surface area contributed by atoms with Crippen molar-refractivity contribution in [2.45, 2.75) is 18.7 Å². The topological polar surface area (TPSA) is 66.5 Å². The number of halogens is 2. The molecule has 0 aliphatic rings. The molecule has 156 valence electrons. The first-order chi connectivity index (χ1) is 14.2. The summed E-state index contributed by atoms with van der Waals surface area (Å²) in [7, 11) is -4.01. The smallest absolute Gasteiger partial charge is 0.264 e. The molecule has 0 saturated heterocycles. The molecule has 0 unspecified atom stereocenters. The van der Waals surface area contributed by atoms with Gasteiger partial charge in [-0.25, -0.2) is 8.42 Å². The van der Waals surface area contributed by atoms with E-state index in [4.69, 9.17) is 23.2 Å². The number of nitrogens with zero attached hydrogens (tertiary/aromatic N) is 1. The second kappa shape index (κ2) is 9.08. The van der Waals surface area contributed by atoms with Crippen LogP contribution in [0.4, 0.5) is 11.4 Å². The Balaban J connectivity index is 1.96. The largest absolute Gasteiger partial charge is 0.324 e. The molecule has 3 rings (SSSR count). The zero-order valence-corrected chi connectivity index (χ0v) is 18.7. The highest BCUT2D eigenvalue weighted by atomic mass is 35.5. The van der Waals surface area contributed by atoms with Crippen molar-refractivity contribution in [3.05, 3.63) is 87.9 Å². The van der Waals surface area contributed by atoms with Gasteiger partial charge in [0, 0.05) is 15.7 Å². The Morgan fingerprint density at radius 3 is 2.27 bits per heavy atom. The SMILES string of the molecule is Cc1cccc(N(CC(=O)Nc2cc(Cl)ccc2C)S(=O)(=O)c2ccc(Cl)cc2)c1. The normalized spacial score (nSPS) is 11.2. The van der Waals surface area contributed by atoms with Gasteiger partial charge in [0.1, 0.15) is 6.54 Å². The second-order valence-corrected chi connectivity index (χ2v) is 9.55. The summed E-state index contributed by atoms with van der Waals surface area (Å²) in [4.78, 5) is 12.8. The number of anilines is 2. The van der Waals surface area contributed by atoms with E-state index in [2.05, 4.69) is 5.32 Å². The Labute approximate surface area is 186 Å². The zero-order valence-electron chi connectivity index (χ0n) is 16.4. The van der Waals surface area contributed by atoms with E-state index >= 15 is 0 Å². The molecule has 30 heavy (non-hydrogen) atoms. The number of aryl methyl sites for hydroxylation is 2. The van der Waals surface area contributed by atoms with Crippen LogP contribution in [0.3, 0.4) is 0 Å². The molecule has 1 N–H and O–H groups in total. The van der Waals surface area contributed by atoms with Crippen molar-refractivity contribution in [2.75, 3.05) is 16.2 Å². The fourth-order valence-corrected chi connectivity index (χ4v) is 4.59. The molecule has 0 heterocycles. The molecule has 0 radical (unpaired) electrons. The monoisotopic (exact) mass is 462 g/mol. The van der Waals surface area contributed by atoms with Crippen molar-refractivity contribution < 1.29 is 13.2 Å². The van der Waals surface area contributed by atoms with Gasteiger partial charge in [-0.1, -0.05) is 41.4 Å². The third-order valence-electron chi connectivity index (χ3n) is 4.45. The minimum Gasteiger partial charge on any atom is -0.324 e. The number of carbonyl (C=O) groups excluding carboxylic acids is 1.